The molecule has 2 fully saturated rings. The highest BCUT2D eigenvalue weighted by molar-refractivity contribution is 6.05. The molecule has 2 saturated carbocycles. The van der Waals surface area contributed by atoms with Crippen LogP contribution in [0.15, 0.2) is 11.3 Å². The van der Waals surface area contributed by atoms with Gasteiger partial charge in [0.1, 0.15) is 5.76 Å². The standard InChI is InChI=1S/C15H24O2/c1-13(2,3)11(16)10-9-7-8-15(6,12(10)17)14(9,4)5/h9,16H,7-8H2,1-6H3. The first-order valence-corrected chi connectivity index (χ1v) is 6.52. The highest BCUT2D eigenvalue weighted by Crippen LogP contribution is 2.66. The number of hydrogen-bond donors (Lipinski definition) is 1. The zero-order chi connectivity index (χ0) is 13.2. The van der Waals surface area contributed by atoms with Crippen LogP contribution in [0, 0.1) is 22.2 Å². The van der Waals surface area contributed by atoms with Crippen LogP contribution in [0.25, 0.3) is 0 Å². The number of allylic oxidation sites excluding steroid dienone is 2. The van der Waals surface area contributed by atoms with E-state index in [0.717, 1.165) is 18.4 Å². The maximum atomic E-state index is 12.6. The molecule has 17 heavy (non-hydrogen) atoms. The second-order valence-electron chi connectivity index (χ2n) is 7.49. The number of aliphatic hydroxyl groups excluding tert-OH is 1. The van der Waals surface area contributed by atoms with Crippen molar-refractivity contribution in [3.05, 3.63) is 11.3 Å². The zero-order valence-corrected chi connectivity index (χ0v) is 11.8. The van der Waals surface area contributed by atoms with Gasteiger partial charge in [-0.25, -0.2) is 0 Å². The topological polar surface area (TPSA) is 37.3 Å². The van der Waals surface area contributed by atoms with Gasteiger partial charge in [0.25, 0.3) is 0 Å². The van der Waals surface area contributed by atoms with Gasteiger partial charge in [0.2, 0.25) is 0 Å². The molecule has 96 valence electrons. The second kappa shape index (κ2) is 3.15. The largest absolute Gasteiger partial charge is 0.511 e. The molecular weight excluding hydrogens is 212 g/mol. The van der Waals surface area contributed by atoms with E-state index in [2.05, 4.69) is 20.8 Å². The monoisotopic (exact) mass is 236 g/mol. The maximum Gasteiger partial charge on any atom is 0.168 e. The Balaban J connectivity index is 2.60. The summed E-state index contributed by atoms with van der Waals surface area (Å²) in [5.74, 6) is 0.731. The highest BCUT2D eigenvalue weighted by atomic mass is 16.3. The number of fused-ring (bicyclic) bond motifs is 2. The molecule has 1 N–H and O–H groups in total. The van der Waals surface area contributed by atoms with Crippen LogP contribution in [0.3, 0.4) is 0 Å². The van der Waals surface area contributed by atoms with Gasteiger partial charge in [-0.3, -0.25) is 4.79 Å². The molecule has 0 aromatic carbocycles. The van der Waals surface area contributed by atoms with Crippen LogP contribution in [0.1, 0.15) is 54.4 Å². The Kier molecular flexibility index (Phi) is 2.35. The first-order valence-electron chi connectivity index (χ1n) is 6.52. The maximum absolute atomic E-state index is 12.6. The molecule has 2 nitrogen and oxygen atoms in total. The van der Waals surface area contributed by atoms with E-state index in [0.29, 0.717) is 5.76 Å². The van der Waals surface area contributed by atoms with Crippen molar-refractivity contribution in [2.24, 2.45) is 22.2 Å². The van der Waals surface area contributed by atoms with Crippen molar-refractivity contribution in [1.82, 2.24) is 0 Å². The van der Waals surface area contributed by atoms with Crippen LogP contribution in [-0.2, 0) is 4.79 Å². The molecule has 0 aromatic heterocycles. The van der Waals surface area contributed by atoms with Crippen molar-refractivity contribution in [1.29, 1.82) is 0 Å². The summed E-state index contributed by atoms with van der Waals surface area (Å²) in [4.78, 5) is 12.6. The minimum absolute atomic E-state index is 0.0152. The molecule has 0 aromatic rings. The minimum Gasteiger partial charge on any atom is -0.511 e. The molecule has 2 rings (SSSR count). The molecule has 2 aliphatic carbocycles. The predicted molar refractivity (Wildman–Crippen MR) is 68.7 cm³/mol. The van der Waals surface area contributed by atoms with Gasteiger partial charge in [0.15, 0.2) is 5.78 Å². The number of Topliss-reactive ketones (excluding diaryl/α,β-unsaturated/α-hetero) is 1. The molecule has 0 aliphatic heterocycles. The number of carbonyl (C=O) groups is 1. The van der Waals surface area contributed by atoms with E-state index >= 15 is 0 Å². The SMILES string of the molecule is CC(C)(C)C(O)=C1C(=O)C2(C)CCC1C2(C)C. The number of hydrogen-bond acceptors (Lipinski definition) is 2. The molecule has 0 radical (unpaired) electrons. The lowest BCUT2D eigenvalue weighted by molar-refractivity contribution is -0.125. The molecular formula is C15H24O2. The van der Waals surface area contributed by atoms with Gasteiger partial charge in [-0.2, -0.15) is 0 Å². The zero-order valence-electron chi connectivity index (χ0n) is 11.8. The summed E-state index contributed by atoms with van der Waals surface area (Å²) in [5.41, 5.74) is 0.100. The Labute approximate surface area is 104 Å². The summed E-state index contributed by atoms with van der Waals surface area (Å²) in [6, 6.07) is 0. The van der Waals surface area contributed by atoms with E-state index in [1.807, 2.05) is 20.8 Å². The lowest BCUT2D eigenvalue weighted by Gasteiger charge is -2.31. The summed E-state index contributed by atoms with van der Waals surface area (Å²) >= 11 is 0. The van der Waals surface area contributed by atoms with E-state index in [1.54, 1.807) is 0 Å². The Morgan fingerprint density at radius 3 is 2.18 bits per heavy atom. The van der Waals surface area contributed by atoms with E-state index in [-0.39, 0.29) is 27.9 Å². The summed E-state index contributed by atoms with van der Waals surface area (Å²) < 4.78 is 0. The fourth-order valence-corrected chi connectivity index (χ4v) is 3.54. The van der Waals surface area contributed by atoms with Gasteiger partial charge in [0.05, 0.1) is 0 Å². The van der Waals surface area contributed by atoms with E-state index in [9.17, 15) is 9.90 Å². The fraction of sp³-hybridized carbons (Fsp3) is 0.800. The third-order valence-electron chi connectivity index (χ3n) is 5.29. The van der Waals surface area contributed by atoms with Crippen LogP contribution in [-0.4, -0.2) is 10.9 Å². The van der Waals surface area contributed by atoms with E-state index < -0.39 is 0 Å². The van der Waals surface area contributed by atoms with Crippen molar-refractivity contribution < 1.29 is 9.90 Å². The molecule has 2 bridgehead atoms. The van der Waals surface area contributed by atoms with Crippen LogP contribution >= 0.6 is 0 Å². The van der Waals surface area contributed by atoms with Crippen molar-refractivity contribution in [2.75, 3.05) is 0 Å². The van der Waals surface area contributed by atoms with Crippen molar-refractivity contribution >= 4 is 5.78 Å². The number of rotatable bonds is 0. The third-order valence-corrected chi connectivity index (χ3v) is 5.29. The first-order chi connectivity index (χ1) is 7.53. The van der Waals surface area contributed by atoms with Crippen LogP contribution in [0.2, 0.25) is 0 Å². The third kappa shape index (κ3) is 1.36. The highest BCUT2D eigenvalue weighted by Gasteiger charge is 2.65. The molecule has 2 unspecified atom stereocenters. The summed E-state index contributed by atoms with van der Waals surface area (Å²) in [5, 5.41) is 10.4. The molecule has 0 saturated heterocycles. The van der Waals surface area contributed by atoms with Gasteiger partial charge in [0, 0.05) is 16.4 Å². The molecule has 2 atom stereocenters. The van der Waals surface area contributed by atoms with Crippen molar-refractivity contribution in [2.45, 2.75) is 54.4 Å². The number of carbonyl (C=O) groups excluding carboxylic acids is 1. The summed E-state index contributed by atoms with van der Waals surface area (Å²) in [6.45, 7) is 12.3. The smallest absolute Gasteiger partial charge is 0.168 e. The second-order valence-corrected chi connectivity index (χ2v) is 7.49. The lowest BCUT2D eigenvalue weighted by atomic mass is 9.70. The number of aliphatic hydroxyl groups is 1. The minimum atomic E-state index is -0.331. The normalized spacial score (nSPS) is 38.7. The van der Waals surface area contributed by atoms with Gasteiger partial charge < -0.3 is 5.11 Å². The Morgan fingerprint density at radius 1 is 1.29 bits per heavy atom. The van der Waals surface area contributed by atoms with E-state index in [1.165, 1.54) is 0 Å². The van der Waals surface area contributed by atoms with Crippen molar-refractivity contribution in [3.8, 4) is 0 Å². The number of ketones is 1. The first kappa shape index (κ1) is 12.7. The fourth-order valence-electron chi connectivity index (χ4n) is 3.54. The summed E-state index contributed by atoms with van der Waals surface area (Å²) in [6.07, 6.45) is 2.00. The van der Waals surface area contributed by atoms with Crippen LogP contribution in [0.4, 0.5) is 0 Å². The Morgan fingerprint density at radius 2 is 1.82 bits per heavy atom. The molecule has 0 amide bonds. The molecule has 2 aliphatic rings. The van der Waals surface area contributed by atoms with Crippen LogP contribution < -0.4 is 0 Å². The van der Waals surface area contributed by atoms with Gasteiger partial charge in [-0.15, -0.1) is 0 Å². The van der Waals surface area contributed by atoms with Gasteiger partial charge in [-0.1, -0.05) is 41.5 Å². The Hall–Kier alpha value is -0.790. The molecule has 2 heteroatoms. The van der Waals surface area contributed by atoms with E-state index in [4.69, 9.17) is 0 Å². The average Bonchev–Trinajstić information content (AvgIpc) is 2.47. The molecule has 0 heterocycles. The van der Waals surface area contributed by atoms with Crippen molar-refractivity contribution in [3.63, 3.8) is 0 Å². The quantitative estimate of drug-likeness (QED) is 0.512. The summed E-state index contributed by atoms with van der Waals surface area (Å²) in [7, 11) is 0. The van der Waals surface area contributed by atoms with Gasteiger partial charge >= 0.3 is 0 Å². The van der Waals surface area contributed by atoms with Crippen LogP contribution in [0.5, 0.6) is 0 Å². The average molecular weight is 236 g/mol. The predicted octanol–water partition coefficient (Wildman–Crippen LogP) is 3.87. The Bertz CT molecular complexity index is 409. The lowest BCUT2D eigenvalue weighted by Crippen LogP contribution is -2.32. The van der Waals surface area contributed by atoms with Gasteiger partial charge in [-0.05, 0) is 24.2 Å². The molecule has 0 spiro atoms.